The van der Waals surface area contributed by atoms with Gasteiger partial charge in [-0.05, 0) is 91.8 Å². The highest BCUT2D eigenvalue weighted by Gasteiger charge is 2.67. The molecule has 0 heterocycles. The molecule has 4 rings (SSSR count). The highest BCUT2D eigenvalue weighted by atomic mass is 16.3. The fourth-order valence-electron chi connectivity index (χ4n) is 8.52. The van der Waals surface area contributed by atoms with Crippen LogP contribution in [-0.4, -0.2) is 39.4 Å². The summed E-state index contributed by atoms with van der Waals surface area (Å²) in [5, 5.41) is 30.3. The van der Waals surface area contributed by atoms with Gasteiger partial charge in [-0.1, -0.05) is 39.3 Å². The fraction of sp³-hybridized carbons (Fsp3) is 0.880. The Balaban J connectivity index is 1.70. The summed E-state index contributed by atoms with van der Waals surface area (Å²) >= 11 is 0. The van der Waals surface area contributed by atoms with Gasteiger partial charge in [0.1, 0.15) is 11.7 Å². The van der Waals surface area contributed by atoms with Crippen molar-refractivity contribution in [2.75, 3.05) is 6.61 Å². The minimum Gasteiger partial charge on any atom is -0.393 e. The van der Waals surface area contributed by atoms with Crippen LogP contribution in [0.1, 0.15) is 79.6 Å². The topological polar surface area (TPSA) is 77.8 Å². The van der Waals surface area contributed by atoms with E-state index in [4.69, 9.17) is 0 Å². The molecular weight excluding hydrogens is 364 g/mol. The molecule has 3 saturated carbocycles. The van der Waals surface area contributed by atoms with Gasteiger partial charge >= 0.3 is 0 Å². The maximum atomic E-state index is 12.6. The number of hydrogen-bond acceptors (Lipinski definition) is 4. The van der Waals surface area contributed by atoms with Gasteiger partial charge in [-0.25, -0.2) is 0 Å². The molecule has 0 amide bonds. The number of hydrogen-bond donors (Lipinski definition) is 3. The number of ketones is 1. The van der Waals surface area contributed by atoms with Crippen molar-refractivity contribution in [3.8, 4) is 0 Å². The number of rotatable bonds is 5. The summed E-state index contributed by atoms with van der Waals surface area (Å²) in [6.45, 7) is 10.2. The lowest BCUT2D eigenvalue weighted by Gasteiger charge is -2.54. The SMILES string of the molecule is C[C@H]1CC[C@@]23C1=C[C@@]1(C)CC[C@](C)(C[C@H](O)C(=O)[C@@](C)(O)CO)[C@H]1[C@@H]2CC[C@@H]3C. The molecular formula is C25H40O4. The number of fused-ring (bicyclic) bond motifs is 2. The molecule has 0 aliphatic heterocycles. The Bertz CT molecular complexity index is 726. The Kier molecular flexibility index (Phi) is 4.93. The second-order valence-corrected chi connectivity index (χ2v) is 11.8. The van der Waals surface area contributed by atoms with Crippen LogP contribution < -0.4 is 0 Å². The van der Waals surface area contributed by atoms with Gasteiger partial charge in [0.25, 0.3) is 0 Å². The van der Waals surface area contributed by atoms with E-state index < -0.39 is 24.1 Å². The second kappa shape index (κ2) is 6.64. The summed E-state index contributed by atoms with van der Waals surface area (Å²) in [7, 11) is 0. The Morgan fingerprint density at radius 3 is 2.55 bits per heavy atom. The molecule has 0 unspecified atom stereocenters. The van der Waals surface area contributed by atoms with E-state index in [-0.39, 0.29) is 10.8 Å². The standard InChI is InChI=1S/C25H40O4/c1-15-8-9-25-16(2)6-7-17(25)20-22(3,12-18(15)25)10-11-23(20,4)13-19(27)21(28)24(5,29)14-26/h12,15-17,19-20,26-27,29H,6-11,13-14H2,1-5H3/t15-,16-,17-,19-,20-,22+,23+,24-,25-/m0/s1. The van der Waals surface area contributed by atoms with E-state index >= 15 is 0 Å². The second-order valence-electron chi connectivity index (χ2n) is 11.8. The summed E-state index contributed by atoms with van der Waals surface area (Å²) in [5.41, 5.74) is 0.159. The molecule has 29 heavy (non-hydrogen) atoms. The summed E-state index contributed by atoms with van der Waals surface area (Å²) in [6, 6.07) is 0. The zero-order valence-corrected chi connectivity index (χ0v) is 18.9. The van der Waals surface area contributed by atoms with Gasteiger partial charge in [0.2, 0.25) is 0 Å². The van der Waals surface area contributed by atoms with Gasteiger partial charge in [-0.2, -0.15) is 0 Å². The predicted octanol–water partition coefficient (Wildman–Crippen LogP) is 3.87. The summed E-state index contributed by atoms with van der Waals surface area (Å²) < 4.78 is 0. The Labute approximate surface area is 175 Å². The lowest BCUT2D eigenvalue weighted by molar-refractivity contribution is -0.151. The van der Waals surface area contributed by atoms with Gasteiger partial charge in [-0.15, -0.1) is 0 Å². The van der Waals surface area contributed by atoms with Crippen LogP contribution in [-0.2, 0) is 4.79 Å². The molecule has 4 nitrogen and oxygen atoms in total. The molecule has 164 valence electrons. The largest absolute Gasteiger partial charge is 0.393 e. The van der Waals surface area contributed by atoms with Gasteiger partial charge in [0.15, 0.2) is 5.78 Å². The molecule has 0 aromatic carbocycles. The minimum atomic E-state index is -1.87. The minimum absolute atomic E-state index is 0.128. The highest BCUT2D eigenvalue weighted by molar-refractivity contribution is 5.90. The number of carbonyl (C=O) groups excluding carboxylic acids is 1. The average Bonchev–Trinajstić information content (AvgIpc) is 3.25. The van der Waals surface area contributed by atoms with Crippen molar-refractivity contribution in [1.29, 1.82) is 0 Å². The van der Waals surface area contributed by atoms with Crippen molar-refractivity contribution in [2.24, 2.45) is 39.9 Å². The average molecular weight is 405 g/mol. The Morgan fingerprint density at radius 1 is 1.21 bits per heavy atom. The fourth-order valence-corrected chi connectivity index (χ4v) is 8.52. The van der Waals surface area contributed by atoms with Crippen molar-refractivity contribution >= 4 is 5.78 Å². The zero-order chi connectivity index (χ0) is 21.4. The van der Waals surface area contributed by atoms with Gasteiger partial charge in [0.05, 0.1) is 6.61 Å². The zero-order valence-electron chi connectivity index (χ0n) is 18.9. The van der Waals surface area contributed by atoms with Gasteiger partial charge < -0.3 is 15.3 Å². The summed E-state index contributed by atoms with van der Waals surface area (Å²) in [5.74, 6) is 1.82. The first-order valence-electron chi connectivity index (χ1n) is 11.7. The third-order valence-electron chi connectivity index (χ3n) is 9.90. The van der Waals surface area contributed by atoms with E-state index in [9.17, 15) is 20.1 Å². The highest BCUT2D eigenvalue weighted by Crippen LogP contribution is 2.74. The molecule has 4 aliphatic carbocycles. The quantitative estimate of drug-likeness (QED) is 0.608. The van der Waals surface area contributed by atoms with Crippen LogP contribution in [0.2, 0.25) is 0 Å². The molecule has 1 spiro atoms. The first kappa shape index (κ1) is 21.5. The molecule has 4 aliphatic rings. The van der Waals surface area contributed by atoms with E-state index in [2.05, 4.69) is 33.8 Å². The number of aliphatic hydroxyl groups is 3. The number of Topliss-reactive ketones (excluding diaryl/α,β-unsaturated/α-hetero) is 1. The lowest BCUT2D eigenvalue weighted by Crippen LogP contribution is -2.51. The van der Waals surface area contributed by atoms with Gasteiger partial charge in [-0.3, -0.25) is 4.79 Å². The van der Waals surface area contributed by atoms with Crippen LogP contribution in [0.25, 0.3) is 0 Å². The maximum Gasteiger partial charge on any atom is 0.194 e. The Morgan fingerprint density at radius 2 is 1.90 bits per heavy atom. The van der Waals surface area contributed by atoms with Crippen LogP contribution in [0.5, 0.6) is 0 Å². The van der Waals surface area contributed by atoms with Crippen LogP contribution in [0, 0.1) is 39.9 Å². The molecule has 4 heteroatoms. The molecule has 3 N–H and O–H groups in total. The van der Waals surface area contributed by atoms with Crippen LogP contribution in [0.4, 0.5) is 0 Å². The predicted molar refractivity (Wildman–Crippen MR) is 113 cm³/mol. The van der Waals surface area contributed by atoms with Crippen LogP contribution >= 0.6 is 0 Å². The van der Waals surface area contributed by atoms with Crippen molar-refractivity contribution in [3.63, 3.8) is 0 Å². The lowest BCUT2D eigenvalue weighted by atomic mass is 9.50. The molecule has 0 saturated heterocycles. The number of aliphatic hydroxyl groups excluding tert-OH is 2. The molecule has 9 atom stereocenters. The summed E-state index contributed by atoms with van der Waals surface area (Å²) in [6.07, 6.45) is 8.98. The van der Waals surface area contributed by atoms with Crippen LogP contribution in [0.15, 0.2) is 11.6 Å². The van der Waals surface area contributed by atoms with Crippen molar-refractivity contribution in [3.05, 3.63) is 11.6 Å². The maximum absolute atomic E-state index is 12.6. The molecule has 0 aromatic rings. The van der Waals surface area contributed by atoms with E-state index in [1.807, 2.05) is 0 Å². The first-order valence-corrected chi connectivity index (χ1v) is 11.7. The Hall–Kier alpha value is -0.710. The van der Waals surface area contributed by atoms with E-state index in [1.54, 1.807) is 5.57 Å². The van der Waals surface area contributed by atoms with E-state index in [0.29, 0.717) is 35.5 Å². The molecule has 0 bridgehead atoms. The van der Waals surface area contributed by atoms with E-state index in [1.165, 1.54) is 32.6 Å². The summed E-state index contributed by atoms with van der Waals surface area (Å²) in [4.78, 5) is 12.6. The van der Waals surface area contributed by atoms with Crippen LogP contribution in [0.3, 0.4) is 0 Å². The molecule has 3 fully saturated rings. The monoisotopic (exact) mass is 404 g/mol. The van der Waals surface area contributed by atoms with Crippen molar-refractivity contribution < 1.29 is 20.1 Å². The first-order chi connectivity index (χ1) is 13.4. The van der Waals surface area contributed by atoms with Crippen molar-refractivity contribution in [1.82, 2.24) is 0 Å². The van der Waals surface area contributed by atoms with Crippen molar-refractivity contribution in [2.45, 2.75) is 91.3 Å². The number of allylic oxidation sites excluding steroid dienone is 2. The third kappa shape index (κ3) is 2.85. The normalized spacial score (nSPS) is 49.0. The smallest absolute Gasteiger partial charge is 0.194 e. The molecule has 0 aromatic heterocycles. The molecule has 0 radical (unpaired) electrons. The van der Waals surface area contributed by atoms with E-state index in [0.717, 1.165) is 12.8 Å². The number of carbonyl (C=O) groups is 1. The van der Waals surface area contributed by atoms with Gasteiger partial charge in [0, 0.05) is 0 Å². The third-order valence-corrected chi connectivity index (χ3v) is 9.90.